The molecule has 2 saturated carbocycles. The standard InChI is InChI=1S/C32H43NO11/c1-15(2)9-22(37)44-24-26-31-14-42-32(26,28(39)40-8)12-19(35)25(31)30(7)11-18(34)23(41-13-21(36)33-29(4,5)6)16(3)17(30)10-20(31)43-27(24)38/h9,17,19-20,24-26,35H,10-14H2,1-8H3,(H,33,36)/t17?,19-,20+,24+,25?,26+,30-,31+,32+/m0/s1. The van der Waals surface area contributed by atoms with E-state index >= 15 is 0 Å². The van der Waals surface area contributed by atoms with Gasteiger partial charge >= 0.3 is 17.9 Å². The number of carbonyl (C=O) groups is 5. The second-order valence-corrected chi connectivity index (χ2v) is 14.5. The van der Waals surface area contributed by atoms with Crippen molar-refractivity contribution in [2.45, 2.75) is 97.2 Å². The summed E-state index contributed by atoms with van der Waals surface area (Å²) in [4.78, 5) is 66.1. The molecule has 2 aliphatic heterocycles. The molecule has 242 valence electrons. The summed E-state index contributed by atoms with van der Waals surface area (Å²) in [7, 11) is 1.20. The number of carbonyl (C=O) groups excluding carboxylic acids is 5. The smallest absolute Gasteiger partial charge is 0.348 e. The van der Waals surface area contributed by atoms with Crippen molar-refractivity contribution in [3.05, 3.63) is 23.0 Å². The van der Waals surface area contributed by atoms with Crippen LogP contribution in [0.25, 0.3) is 0 Å². The zero-order chi connectivity index (χ0) is 32.6. The molecule has 4 fully saturated rings. The van der Waals surface area contributed by atoms with Gasteiger partial charge in [-0.05, 0) is 64.9 Å². The van der Waals surface area contributed by atoms with Crippen LogP contribution in [0, 0.1) is 28.6 Å². The van der Waals surface area contributed by atoms with Gasteiger partial charge in [0.25, 0.3) is 5.91 Å². The molecule has 5 aliphatic rings. The molecule has 0 aromatic rings. The lowest BCUT2D eigenvalue weighted by Gasteiger charge is -2.66. The summed E-state index contributed by atoms with van der Waals surface area (Å²) in [6, 6.07) is 0. The molecule has 2 unspecified atom stereocenters. The van der Waals surface area contributed by atoms with Gasteiger partial charge in [-0.2, -0.15) is 0 Å². The predicted octanol–water partition coefficient (Wildman–Crippen LogP) is 1.92. The highest BCUT2D eigenvalue weighted by molar-refractivity contribution is 5.96. The molecule has 2 saturated heterocycles. The average molecular weight is 618 g/mol. The van der Waals surface area contributed by atoms with Crippen LogP contribution in [0.1, 0.15) is 67.7 Å². The Kier molecular flexibility index (Phi) is 7.81. The number of nitrogens with one attached hydrogen (secondary N) is 1. The molecule has 5 rings (SSSR count). The molecule has 0 aromatic carbocycles. The fraction of sp³-hybridized carbons (Fsp3) is 0.719. The Bertz CT molecular complexity index is 1360. The molecule has 12 heteroatoms. The molecule has 1 spiro atoms. The van der Waals surface area contributed by atoms with Gasteiger partial charge in [0, 0.05) is 35.8 Å². The molecule has 2 heterocycles. The largest absolute Gasteiger partial charge is 0.480 e. The van der Waals surface area contributed by atoms with Crippen molar-refractivity contribution < 1.29 is 52.8 Å². The topological polar surface area (TPSA) is 164 Å². The number of esters is 3. The minimum absolute atomic E-state index is 0.0183. The number of Topliss-reactive ketones (excluding diaryl/α,β-unsaturated/α-hetero) is 1. The van der Waals surface area contributed by atoms with Crippen LogP contribution in [0.5, 0.6) is 0 Å². The van der Waals surface area contributed by atoms with E-state index in [0.717, 1.165) is 0 Å². The van der Waals surface area contributed by atoms with E-state index in [1.807, 2.05) is 27.7 Å². The maximum Gasteiger partial charge on any atom is 0.348 e. The molecule has 12 nitrogen and oxygen atoms in total. The summed E-state index contributed by atoms with van der Waals surface area (Å²) in [5, 5.41) is 14.7. The number of aliphatic hydroxyl groups excluding tert-OH is 1. The maximum absolute atomic E-state index is 13.7. The number of aliphatic hydroxyl groups is 1. The van der Waals surface area contributed by atoms with Crippen molar-refractivity contribution in [3.8, 4) is 0 Å². The van der Waals surface area contributed by atoms with Crippen LogP contribution >= 0.6 is 0 Å². The Morgan fingerprint density at radius 2 is 1.84 bits per heavy atom. The monoisotopic (exact) mass is 617 g/mol. The third-order valence-electron chi connectivity index (χ3n) is 10.2. The number of hydrogen-bond donors (Lipinski definition) is 2. The van der Waals surface area contributed by atoms with Gasteiger partial charge in [0.2, 0.25) is 6.10 Å². The highest BCUT2D eigenvalue weighted by atomic mass is 16.6. The highest BCUT2D eigenvalue weighted by Gasteiger charge is 2.82. The molecule has 2 bridgehead atoms. The second kappa shape index (κ2) is 10.7. The number of amides is 1. The molecular weight excluding hydrogens is 574 g/mol. The molecule has 0 aromatic heterocycles. The van der Waals surface area contributed by atoms with Crippen LogP contribution in [0.2, 0.25) is 0 Å². The highest BCUT2D eigenvalue weighted by Crippen LogP contribution is 2.72. The zero-order valence-electron chi connectivity index (χ0n) is 26.6. The van der Waals surface area contributed by atoms with Crippen molar-refractivity contribution in [1.82, 2.24) is 5.32 Å². The minimum Gasteiger partial charge on any atom is -0.480 e. The summed E-state index contributed by atoms with van der Waals surface area (Å²) >= 11 is 0. The van der Waals surface area contributed by atoms with Crippen molar-refractivity contribution in [1.29, 1.82) is 0 Å². The Morgan fingerprint density at radius 1 is 1.16 bits per heavy atom. The Balaban J connectivity index is 1.58. The van der Waals surface area contributed by atoms with E-state index in [0.29, 0.717) is 11.1 Å². The molecule has 0 radical (unpaired) electrons. The number of hydrogen-bond acceptors (Lipinski definition) is 11. The van der Waals surface area contributed by atoms with Crippen LogP contribution in [0.4, 0.5) is 0 Å². The lowest BCUT2D eigenvalue weighted by molar-refractivity contribution is -0.269. The van der Waals surface area contributed by atoms with Crippen LogP contribution in [0.3, 0.4) is 0 Å². The normalized spacial score (nSPS) is 38.9. The first kappa shape index (κ1) is 32.2. The van der Waals surface area contributed by atoms with E-state index in [2.05, 4.69) is 5.32 Å². The van der Waals surface area contributed by atoms with Crippen LogP contribution in [-0.4, -0.2) is 84.5 Å². The Labute approximate surface area is 256 Å². The lowest BCUT2D eigenvalue weighted by Crippen LogP contribution is -2.75. The van der Waals surface area contributed by atoms with Crippen molar-refractivity contribution in [2.24, 2.45) is 28.6 Å². The minimum atomic E-state index is -1.76. The van der Waals surface area contributed by atoms with E-state index in [1.54, 1.807) is 20.8 Å². The quantitative estimate of drug-likeness (QED) is 0.254. The zero-order valence-corrected chi connectivity index (χ0v) is 26.6. The fourth-order valence-electron chi connectivity index (χ4n) is 9.07. The number of allylic oxidation sites excluding steroid dienone is 3. The van der Waals surface area contributed by atoms with E-state index in [1.165, 1.54) is 13.2 Å². The van der Waals surface area contributed by atoms with Crippen molar-refractivity contribution in [3.63, 3.8) is 0 Å². The van der Waals surface area contributed by atoms with Gasteiger partial charge in [-0.1, -0.05) is 12.5 Å². The molecule has 3 aliphatic carbocycles. The predicted molar refractivity (Wildman–Crippen MR) is 152 cm³/mol. The van der Waals surface area contributed by atoms with Crippen LogP contribution in [0.15, 0.2) is 23.0 Å². The third-order valence-corrected chi connectivity index (χ3v) is 10.2. The first-order valence-corrected chi connectivity index (χ1v) is 15.1. The lowest BCUT2D eigenvalue weighted by atomic mass is 9.38. The Hall–Kier alpha value is -3.25. The van der Waals surface area contributed by atoms with Gasteiger partial charge in [-0.15, -0.1) is 0 Å². The third kappa shape index (κ3) is 4.76. The average Bonchev–Trinajstić information content (AvgIpc) is 3.13. The molecule has 9 atom stereocenters. The first-order valence-electron chi connectivity index (χ1n) is 15.1. The van der Waals surface area contributed by atoms with E-state index in [-0.39, 0.29) is 55.8 Å². The maximum atomic E-state index is 13.7. The molecule has 2 N–H and O–H groups in total. The number of ether oxygens (including phenoxy) is 5. The summed E-state index contributed by atoms with van der Waals surface area (Å²) in [5.41, 5.74) is -3.02. The van der Waals surface area contributed by atoms with E-state index < -0.39 is 70.0 Å². The van der Waals surface area contributed by atoms with Gasteiger partial charge in [-0.25, -0.2) is 14.4 Å². The molecule has 44 heavy (non-hydrogen) atoms. The number of ketones is 1. The number of rotatable bonds is 6. The van der Waals surface area contributed by atoms with Gasteiger partial charge in [0.05, 0.1) is 25.7 Å². The SMILES string of the molecule is COC(=O)[C@@]12C[C@H](O)C3[C@@]4(C)CC(=O)C(OCC(=O)NC(C)(C)C)=C(C)C4C[C@H]4OC(=O)[C@H](OC(=O)C=C(C)C)[C@@H]1[C@@]34CO2. The van der Waals surface area contributed by atoms with Gasteiger partial charge in [-0.3, -0.25) is 9.59 Å². The summed E-state index contributed by atoms with van der Waals surface area (Å²) in [6.45, 7) is 12.2. The summed E-state index contributed by atoms with van der Waals surface area (Å²) in [6.07, 6.45) is -2.22. The number of fused-ring (bicyclic) bond motifs is 2. The summed E-state index contributed by atoms with van der Waals surface area (Å²) < 4.78 is 29.0. The van der Waals surface area contributed by atoms with Crippen molar-refractivity contribution in [2.75, 3.05) is 20.3 Å². The first-order chi connectivity index (χ1) is 20.4. The van der Waals surface area contributed by atoms with Crippen molar-refractivity contribution >= 4 is 29.6 Å². The molecule has 1 amide bonds. The fourth-order valence-corrected chi connectivity index (χ4v) is 9.07. The van der Waals surface area contributed by atoms with Gasteiger partial charge in [0.1, 0.15) is 6.10 Å². The van der Waals surface area contributed by atoms with Crippen LogP contribution in [-0.2, 0) is 47.7 Å². The van der Waals surface area contributed by atoms with Crippen LogP contribution < -0.4 is 5.32 Å². The Morgan fingerprint density at radius 3 is 2.45 bits per heavy atom. The second-order valence-electron chi connectivity index (χ2n) is 14.5. The molecular formula is C32H43NO11. The number of methoxy groups -OCH3 is 1. The van der Waals surface area contributed by atoms with E-state index in [4.69, 9.17) is 23.7 Å². The van der Waals surface area contributed by atoms with Gasteiger partial charge < -0.3 is 34.1 Å². The summed E-state index contributed by atoms with van der Waals surface area (Å²) in [5.74, 6) is -5.03. The van der Waals surface area contributed by atoms with Gasteiger partial charge in [0.15, 0.2) is 23.8 Å². The van der Waals surface area contributed by atoms with E-state index in [9.17, 15) is 29.1 Å².